The Bertz CT molecular complexity index is 1200. The van der Waals surface area contributed by atoms with Gasteiger partial charge in [-0.05, 0) is 51.2 Å². The maximum Gasteiger partial charge on any atom is 0.326 e. The van der Waals surface area contributed by atoms with Crippen molar-refractivity contribution in [2.75, 3.05) is 7.11 Å². The normalized spacial score (nSPS) is 20.4. The first-order chi connectivity index (χ1) is 17.0. The first-order valence-electron chi connectivity index (χ1n) is 12.0. The van der Waals surface area contributed by atoms with Crippen molar-refractivity contribution in [1.29, 1.82) is 0 Å². The van der Waals surface area contributed by atoms with Gasteiger partial charge in [-0.3, -0.25) is 14.4 Å². The number of hydrogen-bond donors (Lipinski definition) is 5. The van der Waals surface area contributed by atoms with Gasteiger partial charge in [-0.15, -0.1) is 0 Å². The highest BCUT2D eigenvalue weighted by atomic mass is 35.5. The zero-order valence-corrected chi connectivity index (χ0v) is 21.2. The summed E-state index contributed by atoms with van der Waals surface area (Å²) < 4.78 is 5.22. The molecule has 1 aliphatic carbocycles. The van der Waals surface area contributed by atoms with Gasteiger partial charge in [-0.2, -0.15) is 0 Å². The van der Waals surface area contributed by atoms with E-state index in [9.17, 15) is 24.3 Å². The highest BCUT2D eigenvalue weighted by molar-refractivity contribution is 6.35. The van der Waals surface area contributed by atoms with Gasteiger partial charge in [0.2, 0.25) is 11.8 Å². The van der Waals surface area contributed by atoms with Crippen molar-refractivity contribution in [3.05, 3.63) is 28.9 Å². The Morgan fingerprint density at radius 2 is 1.89 bits per heavy atom. The van der Waals surface area contributed by atoms with Gasteiger partial charge in [0.1, 0.15) is 23.5 Å². The molecule has 194 valence electrons. The predicted octanol–water partition coefficient (Wildman–Crippen LogP) is 2.60. The van der Waals surface area contributed by atoms with Crippen LogP contribution in [0.1, 0.15) is 56.4 Å². The molecule has 36 heavy (non-hydrogen) atoms. The van der Waals surface area contributed by atoms with E-state index in [-0.39, 0.29) is 23.9 Å². The molecule has 2 aliphatic rings. The number of fused-ring (bicyclic) bond motifs is 1. The first kappa shape index (κ1) is 25.8. The minimum atomic E-state index is -1.25. The van der Waals surface area contributed by atoms with Gasteiger partial charge in [-0.1, -0.05) is 24.4 Å². The van der Waals surface area contributed by atoms with Crippen LogP contribution < -0.4 is 20.7 Å². The van der Waals surface area contributed by atoms with E-state index in [1.165, 1.54) is 7.11 Å². The molecule has 0 radical (unpaired) electrons. The second-order valence-electron chi connectivity index (χ2n) is 10.4. The Hall–Kier alpha value is -3.27. The van der Waals surface area contributed by atoms with Crippen LogP contribution in [0, 0.1) is 11.8 Å². The number of amides is 3. The summed E-state index contributed by atoms with van der Waals surface area (Å²) >= 11 is 6.29. The minimum absolute atomic E-state index is 0.0250. The number of aromatic amines is 1. The summed E-state index contributed by atoms with van der Waals surface area (Å²) in [5, 5.41) is 18.9. The molecule has 2 heterocycles. The third kappa shape index (κ3) is 5.92. The lowest BCUT2D eigenvalue weighted by atomic mass is 9.91. The molecule has 1 saturated carbocycles. The van der Waals surface area contributed by atoms with Crippen molar-refractivity contribution in [3.8, 4) is 5.75 Å². The number of carbonyl (C=O) groups excluding carboxylic acids is 3. The van der Waals surface area contributed by atoms with Crippen LogP contribution in [0.5, 0.6) is 5.75 Å². The number of halogens is 1. The zero-order valence-electron chi connectivity index (χ0n) is 20.4. The van der Waals surface area contributed by atoms with E-state index < -0.39 is 41.3 Å². The van der Waals surface area contributed by atoms with Crippen LogP contribution in [-0.4, -0.2) is 58.5 Å². The monoisotopic (exact) mass is 518 g/mol. The SMILES string of the molecule is COc1cc(Cl)c2[nH]c(C(=O)NC(CC3CC3)C(=O)NC(C[C@@H]3CC(C)(C)NC3=O)C(=O)O)cc2c1. The number of H-pyrrole nitrogens is 1. The lowest BCUT2D eigenvalue weighted by Gasteiger charge is -2.22. The van der Waals surface area contributed by atoms with Crippen molar-refractivity contribution >= 4 is 46.2 Å². The molecule has 1 aliphatic heterocycles. The van der Waals surface area contributed by atoms with E-state index in [1.807, 2.05) is 13.8 Å². The topological polar surface area (TPSA) is 150 Å². The average Bonchev–Trinajstić information content (AvgIpc) is 3.43. The number of carboxylic acid groups (broad SMARTS) is 1. The number of ether oxygens (including phenoxy) is 1. The molecule has 0 bridgehead atoms. The van der Waals surface area contributed by atoms with Crippen molar-refractivity contribution in [1.82, 2.24) is 20.9 Å². The van der Waals surface area contributed by atoms with Gasteiger partial charge in [0.15, 0.2) is 0 Å². The number of methoxy groups -OCH3 is 1. The number of benzene rings is 1. The number of rotatable bonds is 10. The van der Waals surface area contributed by atoms with Crippen molar-refractivity contribution < 1.29 is 29.0 Å². The zero-order chi connectivity index (χ0) is 26.2. The molecule has 1 aromatic heterocycles. The highest BCUT2D eigenvalue weighted by Crippen LogP contribution is 2.34. The van der Waals surface area contributed by atoms with Gasteiger partial charge in [0.25, 0.3) is 5.91 Å². The maximum absolute atomic E-state index is 13.1. The van der Waals surface area contributed by atoms with Gasteiger partial charge in [0, 0.05) is 22.9 Å². The molecule has 3 atom stereocenters. The highest BCUT2D eigenvalue weighted by Gasteiger charge is 2.40. The van der Waals surface area contributed by atoms with Crippen molar-refractivity contribution in [2.24, 2.45) is 11.8 Å². The van der Waals surface area contributed by atoms with Crippen LogP contribution in [0.4, 0.5) is 0 Å². The fourth-order valence-corrected chi connectivity index (χ4v) is 5.00. The maximum atomic E-state index is 13.1. The molecule has 2 unspecified atom stereocenters. The molecule has 5 N–H and O–H groups in total. The van der Waals surface area contributed by atoms with Crippen LogP contribution in [0.2, 0.25) is 5.02 Å². The molecule has 10 nitrogen and oxygen atoms in total. The summed E-state index contributed by atoms with van der Waals surface area (Å²) in [7, 11) is 1.52. The van der Waals surface area contributed by atoms with Gasteiger partial charge < -0.3 is 30.8 Å². The Morgan fingerprint density at radius 3 is 2.47 bits per heavy atom. The van der Waals surface area contributed by atoms with E-state index in [2.05, 4.69) is 20.9 Å². The van der Waals surface area contributed by atoms with Crippen LogP contribution in [0.25, 0.3) is 10.9 Å². The van der Waals surface area contributed by atoms with E-state index in [4.69, 9.17) is 16.3 Å². The Balaban J connectivity index is 1.47. The second kappa shape index (κ2) is 10.0. The third-order valence-electron chi connectivity index (χ3n) is 6.75. The van der Waals surface area contributed by atoms with Crippen LogP contribution in [0.3, 0.4) is 0 Å². The number of aromatic nitrogens is 1. The lowest BCUT2D eigenvalue weighted by molar-refractivity contribution is -0.142. The molecule has 3 amide bonds. The van der Waals surface area contributed by atoms with Gasteiger partial charge in [-0.25, -0.2) is 4.79 Å². The molecule has 1 saturated heterocycles. The van der Waals surface area contributed by atoms with Crippen LogP contribution >= 0.6 is 11.6 Å². The lowest BCUT2D eigenvalue weighted by Crippen LogP contribution is -2.52. The smallest absolute Gasteiger partial charge is 0.326 e. The Kier molecular flexibility index (Phi) is 7.17. The van der Waals surface area contributed by atoms with Crippen molar-refractivity contribution in [3.63, 3.8) is 0 Å². The van der Waals surface area contributed by atoms with E-state index in [0.29, 0.717) is 34.5 Å². The molecule has 0 spiro atoms. The minimum Gasteiger partial charge on any atom is -0.497 e. The summed E-state index contributed by atoms with van der Waals surface area (Å²) in [5.41, 5.74) is 0.354. The molecular weight excluding hydrogens is 488 g/mol. The van der Waals surface area contributed by atoms with Gasteiger partial charge >= 0.3 is 5.97 Å². The predicted molar refractivity (Wildman–Crippen MR) is 133 cm³/mol. The quantitative estimate of drug-likeness (QED) is 0.326. The number of hydrogen-bond acceptors (Lipinski definition) is 5. The molecule has 11 heteroatoms. The summed E-state index contributed by atoms with van der Waals surface area (Å²) in [6, 6.07) is 2.81. The fourth-order valence-electron chi connectivity index (χ4n) is 4.73. The summed E-state index contributed by atoms with van der Waals surface area (Å²) in [4.78, 5) is 53.3. The molecule has 1 aromatic carbocycles. The van der Waals surface area contributed by atoms with E-state index in [1.54, 1.807) is 18.2 Å². The fraction of sp³-hybridized carbons (Fsp3) is 0.520. The van der Waals surface area contributed by atoms with E-state index in [0.717, 1.165) is 12.8 Å². The van der Waals surface area contributed by atoms with Gasteiger partial charge in [0.05, 0.1) is 17.6 Å². The number of carbonyl (C=O) groups is 4. The van der Waals surface area contributed by atoms with Crippen LogP contribution in [-0.2, 0) is 14.4 Å². The van der Waals surface area contributed by atoms with Crippen LogP contribution in [0.15, 0.2) is 18.2 Å². The Morgan fingerprint density at radius 1 is 1.17 bits per heavy atom. The summed E-state index contributed by atoms with van der Waals surface area (Å²) in [6.07, 6.45) is 2.74. The molecule has 2 fully saturated rings. The number of carboxylic acids is 1. The number of nitrogens with one attached hydrogen (secondary N) is 4. The molecule has 2 aromatic rings. The standard InChI is InChI=1S/C25H31ClN4O6/c1-25(2)11-14(21(31)30-25)9-19(24(34)35)29-22(32)17(6-12-4-5-12)28-23(33)18-8-13-7-15(36-3)10-16(26)20(13)27-18/h7-8,10,12,14,17,19,27H,4-6,9,11H2,1-3H3,(H,28,33)(H,29,32)(H,30,31)(H,34,35)/t14-,17?,19?/m1/s1. The first-order valence-corrected chi connectivity index (χ1v) is 12.4. The third-order valence-corrected chi connectivity index (χ3v) is 7.04. The molecular formula is C25H31ClN4O6. The van der Waals surface area contributed by atoms with Crippen molar-refractivity contribution in [2.45, 2.75) is 63.6 Å². The molecule has 4 rings (SSSR count). The largest absolute Gasteiger partial charge is 0.497 e. The average molecular weight is 519 g/mol. The Labute approximate surface area is 213 Å². The van der Waals surface area contributed by atoms with E-state index >= 15 is 0 Å². The second-order valence-corrected chi connectivity index (χ2v) is 10.8. The number of aliphatic carboxylic acids is 1. The summed E-state index contributed by atoms with van der Waals surface area (Å²) in [6.45, 7) is 3.74. The summed E-state index contributed by atoms with van der Waals surface area (Å²) in [5.74, 6) is -2.24.